The molecule has 0 saturated heterocycles. The fourth-order valence-corrected chi connectivity index (χ4v) is 3.06. The van der Waals surface area contributed by atoms with E-state index in [9.17, 15) is 19.2 Å². The third-order valence-corrected chi connectivity index (χ3v) is 4.49. The lowest BCUT2D eigenvalue weighted by Gasteiger charge is -2.29. The SMILES string of the molecule is COC(=O)C(N)(Cc1ccc(OC(C)=O)c(OC(C)=O)c1)C[C@H](C)OC(=O)OCCC(C)C. The van der Waals surface area contributed by atoms with E-state index in [4.69, 9.17) is 29.4 Å². The summed E-state index contributed by atoms with van der Waals surface area (Å²) in [6.07, 6.45) is -1.01. The van der Waals surface area contributed by atoms with Gasteiger partial charge in [0.15, 0.2) is 11.5 Å². The van der Waals surface area contributed by atoms with Crippen molar-refractivity contribution in [3.8, 4) is 11.5 Å². The first-order chi connectivity index (χ1) is 15.4. The molecule has 1 aromatic rings. The maximum atomic E-state index is 12.5. The second-order valence-electron chi connectivity index (χ2n) is 8.21. The van der Waals surface area contributed by atoms with Gasteiger partial charge in [0.2, 0.25) is 0 Å². The Labute approximate surface area is 193 Å². The minimum Gasteiger partial charge on any atom is -0.468 e. The molecular weight excluding hydrogens is 434 g/mol. The Morgan fingerprint density at radius 3 is 2.15 bits per heavy atom. The van der Waals surface area contributed by atoms with Crippen molar-refractivity contribution in [2.75, 3.05) is 13.7 Å². The number of carbonyl (C=O) groups is 4. The lowest BCUT2D eigenvalue weighted by atomic mass is 9.86. The van der Waals surface area contributed by atoms with Crippen LogP contribution in [0.4, 0.5) is 4.79 Å². The van der Waals surface area contributed by atoms with Gasteiger partial charge in [-0.25, -0.2) is 4.79 Å². The first-order valence-corrected chi connectivity index (χ1v) is 10.6. The monoisotopic (exact) mass is 467 g/mol. The molecule has 0 bridgehead atoms. The van der Waals surface area contributed by atoms with Crippen LogP contribution in [0.5, 0.6) is 11.5 Å². The molecule has 0 saturated carbocycles. The average molecular weight is 468 g/mol. The maximum Gasteiger partial charge on any atom is 0.508 e. The van der Waals surface area contributed by atoms with E-state index < -0.39 is 35.7 Å². The summed E-state index contributed by atoms with van der Waals surface area (Å²) < 4.78 is 25.3. The van der Waals surface area contributed by atoms with Gasteiger partial charge in [-0.05, 0) is 37.0 Å². The van der Waals surface area contributed by atoms with Crippen LogP contribution in [0.15, 0.2) is 18.2 Å². The van der Waals surface area contributed by atoms with Gasteiger partial charge in [-0.2, -0.15) is 0 Å². The molecule has 0 fully saturated rings. The van der Waals surface area contributed by atoms with E-state index in [0.717, 1.165) is 0 Å². The number of hydrogen-bond donors (Lipinski definition) is 1. The Balaban J connectivity index is 3.01. The van der Waals surface area contributed by atoms with E-state index in [0.29, 0.717) is 17.9 Å². The number of ether oxygens (including phenoxy) is 5. The van der Waals surface area contributed by atoms with Crippen molar-refractivity contribution in [1.29, 1.82) is 0 Å². The minimum absolute atomic E-state index is 0.000412. The Bertz CT molecular complexity index is 852. The summed E-state index contributed by atoms with van der Waals surface area (Å²) in [7, 11) is 1.20. The normalized spacial score (nSPS) is 13.5. The van der Waals surface area contributed by atoms with Crippen LogP contribution < -0.4 is 15.2 Å². The second-order valence-corrected chi connectivity index (χ2v) is 8.21. The third-order valence-electron chi connectivity index (χ3n) is 4.49. The van der Waals surface area contributed by atoms with E-state index in [1.807, 2.05) is 13.8 Å². The van der Waals surface area contributed by atoms with Crippen LogP contribution in [0.3, 0.4) is 0 Å². The highest BCUT2D eigenvalue weighted by Gasteiger charge is 2.38. The van der Waals surface area contributed by atoms with Crippen molar-refractivity contribution < 1.29 is 42.9 Å². The number of nitrogens with two attached hydrogens (primary N) is 1. The van der Waals surface area contributed by atoms with E-state index in [-0.39, 0.29) is 30.9 Å². The molecule has 1 rings (SSSR count). The molecule has 0 spiro atoms. The predicted molar refractivity (Wildman–Crippen MR) is 118 cm³/mol. The highest BCUT2D eigenvalue weighted by molar-refractivity contribution is 5.81. The number of esters is 3. The highest BCUT2D eigenvalue weighted by atomic mass is 16.7. The Morgan fingerprint density at radius 1 is 1.00 bits per heavy atom. The van der Waals surface area contributed by atoms with Crippen molar-refractivity contribution in [3.05, 3.63) is 23.8 Å². The van der Waals surface area contributed by atoms with E-state index in [2.05, 4.69) is 0 Å². The number of methoxy groups -OCH3 is 1. The Morgan fingerprint density at radius 2 is 1.61 bits per heavy atom. The molecule has 1 aromatic carbocycles. The fourth-order valence-electron chi connectivity index (χ4n) is 3.06. The molecule has 0 heterocycles. The number of hydrogen-bond acceptors (Lipinski definition) is 10. The standard InChI is InChI=1S/C23H33NO9/c1-14(2)9-10-30-22(28)31-15(3)12-23(24,21(27)29-6)13-18-7-8-19(32-16(4)25)20(11-18)33-17(5)26/h7-8,11,14-15H,9-10,12-13,24H2,1-6H3/t15-,23?/m0/s1. The molecule has 1 unspecified atom stereocenters. The first kappa shape index (κ1) is 27.9. The predicted octanol–water partition coefficient (Wildman–Crippen LogP) is 2.93. The Kier molecular flexibility index (Phi) is 10.8. The molecular formula is C23H33NO9. The molecule has 0 radical (unpaired) electrons. The first-order valence-electron chi connectivity index (χ1n) is 10.6. The molecule has 10 heteroatoms. The number of carbonyl (C=O) groups excluding carboxylic acids is 4. The van der Waals surface area contributed by atoms with E-state index in [1.165, 1.54) is 33.1 Å². The lowest BCUT2D eigenvalue weighted by Crippen LogP contribution is -2.53. The molecule has 0 aromatic heterocycles. The van der Waals surface area contributed by atoms with Gasteiger partial charge in [0.05, 0.1) is 13.7 Å². The van der Waals surface area contributed by atoms with Gasteiger partial charge < -0.3 is 29.4 Å². The minimum atomic E-state index is -1.57. The van der Waals surface area contributed by atoms with Crippen LogP contribution in [-0.4, -0.2) is 49.4 Å². The summed E-state index contributed by atoms with van der Waals surface area (Å²) in [4.78, 5) is 47.2. The van der Waals surface area contributed by atoms with Crippen molar-refractivity contribution in [2.24, 2.45) is 11.7 Å². The van der Waals surface area contributed by atoms with Gasteiger partial charge in [0.25, 0.3) is 0 Å². The van der Waals surface area contributed by atoms with Crippen LogP contribution in [0.2, 0.25) is 0 Å². The van der Waals surface area contributed by atoms with Gasteiger partial charge in [0, 0.05) is 26.7 Å². The number of rotatable bonds is 11. The van der Waals surface area contributed by atoms with Crippen molar-refractivity contribution in [1.82, 2.24) is 0 Å². The van der Waals surface area contributed by atoms with E-state index in [1.54, 1.807) is 13.0 Å². The van der Waals surface area contributed by atoms with Crippen LogP contribution in [0, 0.1) is 5.92 Å². The molecule has 33 heavy (non-hydrogen) atoms. The van der Waals surface area contributed by atoms with Crippen LogP contribution >= 0.6 is 0 Å². The van der Waals surface area contributed by atoms with Gasteiger partial charge in [-0.15, -0.1) is 0 Å². The Hall–Kier alpha value is -3.14. The molecule has 0 aliphatic heterocycles. The smallest absolute Gasteiger partial charge is 0.468 e. The zero-order chi connectivity index (χ0) is 25.2. The molecule has 2 atom stereocenters. The van der Waals surface area contributed by atoms with Crippen LogP contribution in [-0.2, 0) is 35.0 Å². The number of benzene rings is 1. The molecule has 0 aliphatic rings. The van der Waals surface area contributed by atoms with E-state index >= 15 is 0 Å². The summed E-state index contributed by atoms with van der Waals surface area (Å²) in [5.41, 5.74) is 5.31. The van der Waals surface area contributed by atoms with Crippen molar-refractivity contribution in [2.45, 2.75) is 65.5 Å². The molecule has 0 aliphatic carbocycles. The summed E-state index contributed by atoms with van der Waals surface area (Å²) in [5.74, 6) is -1.52. The molecule has 2 N–H and O–H groups in total. The largest absolute Gasteiger partial charge is 0.508 e. The van der Waals surface area contributed by atoms with Gasteiger partial charge in [0.1, 0.15) is 11.6 Å². The quantitative estimate of drug-likeness (QED) is 0.381. The van der Waals surface area contributed by atoms with Gasteiger partial charge in [-0.3, -0.25) is 14.4 Å². The maximum absolute atomic E-state index is 12.5. The summed E-state index contributed by atoms with van der Waals surface area (Å²) in [6.45, 7) is 8.22. The van der Waals surface area contributed by atoms with Crippen molar-refractivity contribution >= 4 is 24.1 Å². The average Bonchev–Trinajstić information content (AvgIpc) is 2.67. The lowest BCUT2D eigenvalue weighted by molar-refractivity contribution is -0.148. The van der Waals surface area contributed by atoms with Gasteiger partial charge >= 0.3 is 24.1 Å². The zero-order valence-corrected chi connectivity index (χ0v) is 20.0. The highest BCUT2D eigenvalue weighted by Crippen LogP contribution is 2.31. The molecule has 10 nitrogen and oxygen atoms in total. The second kappa shape index (κ2) is 12.8. The summed E-state index contributed by atoms with van der Waals surface area (Å²) in [6, 6.07) is 4.44. The van der Waals surface area contributed by atoms with Crippen LogP contribution in [0.1, 0.15) is 53.0 Å². The summed E-state index contributed by atoms with van der Waals surface area (Å²) >= 11 is 0. The fraction of sp³-hybridized carbons (Fsp3) is 0.565. The van der Waals surface area contributed by atoms with Crippen LogP contribution in [0.25, 0.3) is 0 Å². The third kappa shape index (κ3) is 9.90. The summed E-state index contributed by atoms with van der Waals surface area (Å²) in [5, 5.41) is 0. The molecule has 184 valence electrons. The zero-order valence-electron chi connectivity index (χ0n) is 20.0. The molecule has 0 amide bonds. The van der Waals surface area contributed by atoms with Crippen molar-refractivity contribution in [3.63, 3.8) is 0 Å². The topological polar surface area (TPSA) is 140 Å². The van der Waals surface area contributed by atoms with Gasteiger partial charge in [-0.1, -0.05) is 19.9 Å².